The van der Waals surface area contributed by atoms with Gasteiger partial charge in [-0.25, -0.2) is 0 Å². The molecule has 0 saturated heterocycles. The van der Waals surface area contributed by atoms with Crippen LogP contribution in [0.4, 0.5) is 0 Å². The molecule has 0 radical (unpaired) electrons. The molecule has 0 saturated carbocycles. The monoisotopic (exact) mass is 412 g/mol. The van der Waals surface area contributed by atoms with Crippen LogP contribution in [0.3, 0.4) is 0 Å². The molecule has 0 amide bonds. The largest absolute Gasteiger partial charge is 1.00 e. The molecule has 3 aromatic carbocycles. The van der Waals surface area contributed by atoms with Crippen LogP contribution in [-0.4, -0.2) is 13.0 Å². The number of hydrogen-bond acceptors (Lipinski definition) is 2. The van der Waals surface area contributed by atoms with Crippen molar-refractivity contribution in [3.05, 3.63) is 107 Å². The maximum Gasteiger partial charge on any atom is 1.00 e. The second kappa shape index (κ2) is 9.24. The van der Waals surface area contributed by atoms with Crippen LogP contribution in [0.25, 0.3) is 18.2 Å². The van der Waals surface area contributed by atoms with Gasteiger partial charge in [-0.3, -0.25) is 4.55 Å². The zero-order valence-corrected chi connectivity index (χ0v) is 19.0. The molecule has 1 unspecified atom stereocenters. The van der Waals surface area contributed by atoms with E-state index in [2.05, 4.69) is 24.3 Å². The van der Waals surface area contributed by atoms with Gasteiger partial charge in [0.2, 0.25) is 0 Å². The average molecular weight is 412 g/mol. The second-order valence-corrected chi connectivity index (χ2v) is 8.27. The Morgan fingerprint density at radius 1 is 0.931 bits per heavy atom. The van der Waals surface area contributed by atoms with Gasteiger partial charge in [0.25, 0.3) is 10.1 Å². The van der Waals surface area contributed by atoms with Crippen LogP contribution in [0.5, 0.6) is 0 Å². The normalized spacial score (nSPS) is 15.7. The average Bonchev–Trinajstić information content (AvgIpc) is 2.72. The summed E-state index contributed by atoms with van der Waals surface area (Å²) in [6.07, 6.45) is 8.51. The molecular formula is C24H21NaO3S. The van der Waals surface area contributed by atoms with Crippen LogP contribution in [-0.2, 0) is 16.5 Å². The number of fused-ring (bicyclic) bond motifs is 1. The molecule has 29 heavy (non-hydrogen) atoms. The summed E-state index contributed by atoms with van der Waals surface area (Å²) in [7, 11) is -4.33. The summed E-state index contributed by atoms with van der Waals surface area (Å²) in [5.74, 6) is 0.0718. The fraction of sp³-hybridized carbons (Fsp3) is 0.0833. The Labute approximate surface area is 195 Å². The fourth-order valence-electron chi connectivity index (χ4n) is 3.53. The number of benzene rings is 3. The topological polar surface area (TPSA) is 54.4 Å². The smallest absolute Gasteiger partial charge is 1.00 e. The first-order valence-corrected chi connectivity index (χ1v) is 10.6. The molecule has 4 rings (SSSR count). The Balaban J connectivity index is 0.00000160. The summed E-state index contributed by atoms with van der Waals surface area (Å²) < 4.78 is 33.8. The molecule has 1 aliphatic carbocycles. The summed E-state index contributed by atoms with van der Waals surface area (Å²) in [5.41, 5.74) is 4.72. The van der Waals surface area contributed by atoms with Crippen LogP contribution in [0, 0.1) is 0 Å². The van der Waals surface area contributed by atoms with Gasteiger partial charge in [0.1, 0.15) is 4.90 Å². The third kappa shape index (κ3) is 5.16. The summed E-state index contributed by atoms with van der Waals surface area (Å²) in [5, 5.41) is 0. The minimum atomic E-state index is -4.33. The summed E-state index contributed by atoms with van der Waals surface area (Å²) >= 11 is 0. The molecule has 0 heterocycles. The van der Waals surface area contributed by atoms with E-state index in [1.165, 1.54) is 11.1 Å². The minimum Gasteiger partial charge on any atom is -1.00 e. The van der Waals surface area contributed by atoms with Crippen molar-refractivity contribution in [1.82, 2.24) is 0 Å². The van der Waals surface area contributed by atoms with Gasteiger partial charge in [0.05, 0.1) is 0 Å². The van der Waals surface area contributed by atoms with Gasteiger partial charge in [-0.15, -0.1) is 0 Å². The van der Waals surface area contributed by atoms with E-state index in [0.717, 1.165) is 17.5 Å². The van der Waals surface area contributed by atoms with Crippen molar-refractivity contribution in [3.8, 4) is 0 Å². The van der Waals surface area contributed by atoms with Crippen LogP contribution in [0.1, 0.15) is 35.2 Å². The van der Waals surface area contributed by atoms with Crippen molar-refractivity contribution in [2.24, 2.45) is 0 Å². The van der Waals surface area contributed by atoms with E-state index < -0.39 is 10.1 Å². The molecule has 0 spiro atoms. The van der Waals surface area contributed by atoms with Crippen LogP contribution in [0.15, 0.2) is 83.8 Å². The molecule has 3 nitrogen and oxygen atoms in total. The SMILES string of the molecule is O=S(=O)(O)c1cc(C2C=Cc3ccccc3C2)ccc1C=Cc1ccccc1.[H-].[Na+]. The molecule has 1 aliphatic rings. The van der Waals surface area contributed by atoms with E-state index in [9.17, 15) is 13.0 Å². The van der Waals surface area contributed by atoms with Crippen molar-refractivity contribution in [3.63, 3.8) is 0 Å². The van der Waals surface area contributed by atoms with E-state index in [-0.39, 0.29) is 41.8 Å². The standard InChI is InChI=1S/C24H20O3S.Na.H/c25-28(26,27)24-17-23(22-14-12-19-8-4-5-9-21(19)16-22)15-13-20(24)11-10-18-6-2-1-3-7-18;;/h1-15,17,22H,16H2,(H,25,26,27);;/q;+1;-1. The van der Waals surface area contributed by atoms with Gasteiger partial charge in [-0.1, -0.05) is 91.0 Å². The first-order chi connectivity index (χ1) is 13.5. The quantitative estimate of drug-likeness (QED) is 0.407. The van der Waals surface area contributed by atoms with Gasteiger partial charge in [0, 0.05) is 5.92 Å². The number of hydrogen-bond donors (Lipinski definition) is 1. The Morgan fingerprint density at radius 2 is 1.66 bits per heavy atom. The van der Waals surface area contributed by atoms with E-state index in [4.69, 9.17) is 0 Å². The third-order valence-corrected chi connectivity index (χ3v) is 5.91. The van der Waals surface area contributed by atoms with Crippen LogP contribution < -0.4 is 29.6 Å². The van der Waals surface area contributed by atoms with Gasteiger partial charge in [-0.05, 0) is 40.3 Å². The summed E-state index contributed by atoms with van der Waals surface area (Å²) in [4.78, 5) is -0.0653. The molecule has 0 fully saturated rings. The number of rotatable bonds is 4. The molecule has 0 bridgehead atoms. The van der Waals surface area contributed by atoms with Gasteiger partial charge < -0.3 is 1.43 Å². The molecule has 5 heteroatoms. The van der Waals surface area contributed by atoms with E-state index >= 15 is 0 Å². The van der Waals surface area contributed by atoms with Crippen molar-refractivity contribution in [2.75, 3.05) is 0 Å². The first kappa shape index (κ1) is 21.8. The van der Waals surface area contributed by atoms with Crippen LogP contribution in [0.2, 0.25) is 0 Å². The molecule has 0 aromatic heterocycles. The summed E-state index contributed by atoms with van der Waals surface area (Å²) in [6, 6.07) is 23.1. The number of allylic oxidation sites excluding steroid dienone is 1. The maximum atomic E-state index is 12.0. The molecule has 3 aromatic rings. The van der Waals surface area contributed by atoms with Gasteiger partial charge >= 0.3 is 29.6 Å². The van der Waals surface area contributed by atoms with Crippen molar-refractivity contribution in [1.29, 1.82) is 0 Å². The fourth-order valence-corrected chi connectivity index (χ4v) is 4.25. The zero-order valence-electron chi connectivity index (χ0n) is 17.2. The first-order valence-electron chi connectivity index (χ1n) is 9.11. The predicted molar refractivity (Wildman–Crippen MR) is 115 cm³/mol. The maximum absolute atomic E-state index is 12.0. The predicted octanol–water partition coefficient (Wildman–Crippen LogP) is 2.57. The Morgan fingerprint density at radius 3 is 2.41 bits per heavy atom. The van der Waals surface area contributed by atoms with Gasteiger partial charge in [-0.2, -0.15) is 8.42 Å². The van der Waals surface area contributed by atoms with Crippen molar-refractivity contribution >= 4 is 28.3 Å². The molecule has 142 valence electrons. The Bertz CT molecular complexity index is 1170. The Hall–Kier alpha value is -1.95. The second-order valence-electron chi connectivity index (χ2n) is 6.88. The van der Waals surface area contributed by atoms with E-state index in [0.29, 0.717) is 5.56 Å². The van der Waals surface area contributed by atoms with Crippen molar-refractivity contribution < 1.29 is 44.0 Å². The molecule has 0 aliphatic heterocycles. The van der Waals surface area contributed by atoms with Gasteiger partial charge in [0.15, 0.2) is 0 Å². The zero-order chi connectivity index (χ0) is 19.6. The molecular weight excluding hydrogens is 391 g/mol. The minimum absolute atomic E-state index is 0. The van der Waals surface area contributed by atoms with E-state index in [1.54, 1.807) is 18.2 Å². The molecule has 1 atom stereocenters. The third-order valence-electron chi connectivity index (χ3n) is 5.00. The Kier molecular flexibility index (Phi) is 6.93. The summed E-state index contributed by atoms with van der Waals surface area (Å²) in [6.45, 7) is 0. The van der Waals surface area contributed by atoms with Crippen molar-refractivity contribution in [2.45, 2.75) is 17.2 Å². The van der Waals surface area contributed by atoms with Crippen LogP contribution >= 0.6 is 0 Å². The van der Waals surface area contributed by atoms with E-state index in [1.807, 2.05) is 54.6 Å². The molecule has 1 N–H and O–H groups in total.